The number of allylic oxidation sites excluding steroid dienone is 1. The van der Waals surface area contributed by atoms with Gasteiger partial charge in [0.15, 0.2) is 28.6 Å². The van der Waals surface area contributed by atoms with Crippen LogP contribution in [-0.2, 0) is 12.3 Å². The van der Waals surface area contributed by atoms with Crippen molar-refractivity contribution in [1.82, 2.24) is 14.8 Å². The van der Waals surface area contributed by atoms with Crippen LogP contribution in [0.2, 0.25) is 5.02 Å². The number of halogens is 1. The van der Waals surface area contributed by atoms with E-state index in [4.69, 9.17) is 21.1 Å². The Morgan fingerprint density at radius 3 is 2.70 bits per heavy atom. The summed E-state index contributed by atoms with van der Waals surface area (Å²) in [7, 11) is 0. The number of thioether (sulfide) groups is 1. The average molecular weight is 400 g/mol. The molecule has 3 aromatic rings. The molecule has 27 heavy (non-hydrogen) atoms. The Kier molecular flexibility index (Phi) is 5.36. The van der Waals surface area contributed by atoms with Crippen molar-refractivity contribution < 1.29 is 9.47 Å². The van der Waals surface area contributed by atoms with Crippen molar-refractivity contribution in [3.8, 4) is 11.5 Å². The van der Waals surface area contributed by atoms with Crippen LogP contribution in [0.4, 0.5) is 0 Å². The first-order valence-electron chi connectivity index (χ1n) is 8.54. The maximum Gasteiger partial charge on any atom is 0.192 e. The Labute approximate surface area is 167 Å². The van der Waals surface area contributed by atoms with Crippen LogP contribution in [0.25, 0.3) is 0 Å². The summed E-state index contributed by atoms with van der Waals surface area (Å²) in [5, 5.41) is 10.3. The molecule has 0 amide bonds. The number of nitrogens with zero attached hydrogens (tertiary/aromatic N) is 3. The summed E-state index contributed by atoms with van der Waals surface area (Å²) in [4.78, 5) is 0. The van der Waals surface area contributed by atoms with Gasteiger partial charge in [-0.25, -0.2) is 0 Å². The molecule has 1 aliphatic rings. The second-order valence-electron chi connectivity index (χ2n) is 6.02. The first-order valence-corrected chi connectivity index (χ1v) is 9.90. The van der Waals surface area contributed by atoms with E-state index in [0.717, 1.165) is 33.3 Å². The van der Waals surface area contributed by atoms with Gasteiger partial charge in [0, 0.05) is 17.3 Å². The molecule has 0 fully saturated rings. The summed E-state index contributed by atoms with van der Waals surface area (Å²) in [5.41, 5.74) is 1.17. The number of hydrogen-bond acceptors (Lipinski definition) is 5. The Morgan fingerprint density at radius 1 is 1.15 bits per heavy atom. The van der Waals surface area contributed by atoms with E-state index >= 15 is 0 Å². The molecule has 1 atom stereocenters. The number of para-hydroxylation sites is 2. The number of benzene rings is 2. The fourth-order valence-electron chi connectivity index (χ4n) is 2.82. The van der Waals surface area contributed by atoms with E-state index in [9.17, 15) is 0 Å². The van der Waals surface area contributed by atoms with Crippen molar-refractivity contribution in [3.63, 3.8) is 0 Å². The monoisotopic (exact) mass is 399 g/mol. The van der Waals surface area contributed by atoms with Crippen molar-refractivity contribution in [3.05, 3.63) is 77.6 Å². The molecule has 0 radical (unpaired) electrons. The lowest BCUT2D eigenvalue weighted by Crippen LogP contribution is -2.25. The van der Waals surface area contributed by atoms with Gasteiger partial charge in [0.1, 0.15) is 6.61 Å². The lowest BCUT2D eigenvalue weighted by molar-refractivity contribution is 0.0821. The Morgan fingerprint density at radius 2 is 1.93 bits per heavy atom. The summed E-state index contributed by atoms with van der Waals surface area (Å²) in [6.45, 7) is 4.86. The van der Waals surface area contributed by atoms with Gasteiger partial charge in [0.05, 0.1) is 0 Å². The van der Waals surface area contributed by atoms with Crippen LogP contribution in [-0.4, -0.2) is 21.4 Å². The van der Waals surface area contributed by atoms with Gasteiger partial charge in [-0.05, 0) is 29.8 Å². The Hall–Kier alpha value is -2.44. The van der Waals surface area contributed by atoms with Gasteiger partial charge in [0.25, 0.3) is 0 Å². The minimum Gasteiger partial charge on any atom is -0.485 e. The zero-order valence-corrected chi connectivity index (χ0v) is 16.1. The summed E-state index contributed by atoms with van der Waals surface area (Å²) >= 11 is 7.57. The second kappa shape index (κ2) is 8.06. The summed E-state index contributed by atoms with van der Waals surface area (Å²) in [5.74, 6) is 2.98. The molecule has 2 heterocycles. The molecule has 1 aromatic heterocycles. The van der Waals surface area contributed by atoms with Crippen molar-refractivity contribution >= 4 is 23.4 Å². The molecule has 2 aromatic carbocycles. The van der Waals surface area contributed by atoms with E-state index in [1.54, 1.807) is 11.8 Å². The number of ether oxygens (including phenoxy) is 2. The molecule has 5 nitrogen and oxygen atoms in total. The largest absolute Gasteiger partial charge is 0.485 e. The summed E-state index contributed by atoms with van der Waals surface area (Å²) < 4.78 is 13.9. The van der Waals surface area contributed by atoms with Gasteiger partial charge < -0.3 is 9.47 Å². The number of fused-ring (bicyclic) bond motifs is 1. The molecule has 7 heteroatoms. The smallest absolute Gasteiger partial charge is 0.192 e. The minimum atomic E-state index is -0.308. The van der Waals surface area contributed by atoms with E-state index < -0.39 is 0 Å². The molecule has 138 valence electrons. The highest BCUT2D eigenvalue weighted by molar-refractivity contribution is 7.98. The zero-order valence-electron chi connectivity index (χ0n) is 14.5. The highest BCUT2D eigenvalue weighted by atomic mass is 35.5. The normalized spacial score (nSPS) is 15.5. The molecule has 1 aliphatic heterocycles. The number of hydrogen-bond donors (Lipinski definition) is 0. The molecule has 0 spiro atoms. The van der Waals surface area contributed by atoms with Crippen molar-refractivity contribution in [1.29, 1.82) is 0 Å². The maximum atomic E-state index is 6.09. The van der Waals surface area contributed by atoms with Gasteiger partial charge in [-0.2, -0.15) is 0 Å². The first-order chi connectivity index (χ1) is 13.2. The van der Waals surface area contributed by atoms with Gasteiger partial charge in [-0.3, -0.25) is 4.57 Å². The highest BCUT2D eigenvalue weighted by Crippen LogP contribution is 2.36. The fraction of sp³-hybridized carbons (Fsp3) is 0.200. The van der Waals surface area contributed by atoms with Crippen LogP contribution >= 0.6 is 23.4 Å². The van der Waals surface area contributed by atoms with Crippen molar-refractivity contribution in [2.45, 2.75) is 23.6 Å². The SMILES string of the molecule is C=CCn1c(SCc2ccc(Cl)cc2)nnc1[C@H]1COc2ccccc2O1. The summed E-state index contributed by atoms with van der Waals surface area (Å²) in [6, 6.07) is 15.4. The van der Waals surface area contributed by atoms with E-state index in [0.29, 0.717) is 13.2 Å². The molecule has 0 saturated heterocycles. The first kappa shape index (κ1) is 17.9. The topological polar surface area (TPSA) is 49.2 Å². The van der Waals surface area contributed by atoms with Crippen molar-refractivity contribution in [2.75, 3.05) is 6.61 Å². The van der Waals surface area contributed by atoms with E-state index in [1.807, 2.05) is 59.2 Å². The minimum absolute atomic E-state index is 0.308. The third-order valence-electron chi connectivity index (χ3n) is 4.13. The Bertz CT molecular complexity index is 943. The van der Waals surface area contributed by atoms with Crippen molar-refractivity contribution in [2.24, 2.45) is 0 Å². The molecule has 0 saturated carbocycles. The third-order valence-corrected chi connectivity index (χ3v) is 5.42. The molecule has 0 unspecified atom stereocenters. The molecule has 0 N–H and O–H groups in total. The standard InChI is InChI=1S/C20H18ClN3O2S/c1-2-11-24-19(18-12-25-16-5-3-4-6-17(16)26-18)22-23-20(24)27-13-14-7-9-15(21)10-8-14/h2-10,18H,1,11-13H2/t18-/m1/s1. The summed E-state index contributed by atoms with van der Waals surface area (Å²) in [6.07, 6.45) is 1.52. The predicted octanol–water partition coefficient (Wildman–Crippen LogP) is 4.92. The van der Waals surface area contributed by atoms with Crippen LogP contribution in [0.1, 0.15) is 17.5 Å². The van der Waals surface area contributed by atoms with Gasteiger partial charge in [0.2, 0.25) is 0 Å². The van der Waals surface area contributed by atoms with E-state index in [2.05, 4.69) is 16.8 Å². The van der Waals surface area contributed by atoms with Crippen LogP contribution < -0.4 is 9.47 Å². The van der Waals surface area contributed by atoms with Gasteiger partial charge >= 0.3 is 0 Å². The quantitative estimate of drug-likeness (QED) is 0.435. The fourth-order valence-corrected chi connectivity index (χ4v) is 3.86. The maximum absolute atomic E-state index is 6.09. The lowest BCUT2D eigenvalue weighted by atomic mass is 10.2. The molecule has 4 rings (SSSR count). The number of rotatable bonds is 6. The van der Waals surface area contributed by atoms with Gasteiger partial charge in [-0.15, -0.1) is 16.8 Å². The van der Waals surface area contributed by atoms with Gasteiger partial charge in [-0.1, -0.05) is 53.7 Å². The van der Waals surface area contributed by atoms with Crippen LogP contribution in [0.5, 0.6) is 11.5 Å². The zero-order chi connectivity index (χ0) is 18.6. The molecule has 0 bridgehead atoms. The third kappa shape index (κ3) is 3.96. The van der Waals surface area contributed by atoms with Crippen LogP contribution in [0, 0.1) is 0 Å². The predicted molar refractivity (Wildman–Crippen MR) is 107 cm³/mol. The number of aromatic nitrogens is 3. The molecular weight excluding hydrogens is 382 g/mol. The van der Waals surface area contributed by atoms with Crippen LogP contribution in [0.3, 0.4) is 0 Å². The van der Waals surface area contributed by atoms with E-state index in [-0.39, 0.29) is 6.10 Å². The molecule has 0 aliphatic carbocycles. The average Bonchev–Trinajstić information content (AvgIpc) is 3.10. The lowest BCUT2D eigenvalue weighted by Gasteiger charge is -2.26. The Balaban J connectivity index is 1.54. The van der Waals surface area contributed by atoms with Crippen LogP contribution in [0.15, 0.2) is 66.3 Å². The molecular formula is C20H18ClN3O2S. The second-order valence-corrected chi connectivity index (χ2v) is 7.40. The van der Waals surface area contributed by atoms with E-state index in [1.165, 1.54) is 5.56 Å². The highest BCUT2D eigenvalue weighted by Gasteiger charge is 2.28.